The van der Waals surface area contributed by atoms with Crippen molar-refractivity contribution < 1.29 is 4.79 Å². The summed E-state index contributed by atoms with van der Waals surface area (Å²) in [6.07, 6.45) is 4.69. The first-order chi connectivity index (χ1) is 8.15. The highest BCUT2D eigenvalue weighted by molar-refractivity contribution is 9.10. The largest absolute Gasteiger partial charge is 0.313 e. The molecule has 0 bridgehead atoms. The number of hydrogen-bond acceptors (Lipinski definition) is 3. The van der Waals surface area contributed by atoms with Gasteiger partial charge in [-0.2, -0.15) is 0 Å². The van der Waals surface area contributed by atoms with Gasteiger partial charge in [0.25, 0.3) is 0 Å². The van der Waals surface area contributed by atoms with Crippen LogP contribution in [-0.2, 0) is 4.79 Å². The van der Waals surface area contributed by atoms with Crippen molar-refractivity contribution >= 4 is 27.7 Å². The van der Waals surface area contributed by atoms with Crippen LogP contribution in [0.25, 0.3) is 0 Å². The van der Waals surface area contributed by atoms with Crippen molar-refractivity contribution in [1.82, 2.24) is 10.3 Å². The SMILES string of the molecule is Cc1cc(NC(=O)CCNC2CC2)ncc1Br. The highest BCUT2D eigenvalue weighted by atomic mass is 79.9. The molecule has 0 saturated heterocycles. The molecule has 1 aliphatic carbocycles. The van der Waals surface area contributed by atoms with E-state index in [-0.39, 0.29) is 5.91 Å². The highest BCUT2D eigenvalue weighted by Gasteiger charge is 2.20. The van der Waals surface area contributed by atoms with E-state index in [0.717, 1.165) is 16.6 Å². The van der Waals surface area contributed by atoms with Crippen molar-refractivity contribution in [3.05, 3.63) is 22.3 Å². The number of nitrogens with zero attached hydrogens (tertiary/aromatic N) is 1. The lowest BCUT2D eigenvalue weighted by Gasteiger charge is -2.06. The Labute approximate surface area is 109 Å². The fourth-order valence-electron chi connectivity index (χ4n) is 1.49. The summed E-state index contributed by atoms with van der Waals surface area (Å²) >= 11 is 3.38. The average Bonchev–Trinajstić information content (AvgIpc) is 3.07. The van der Waals surface area contributed by atoms with Gasteiger partial charge in [0.1, 0.15) is 5.82 Å². The second-order valence-corrected chi connectivity index (χ2v) is 5.20. The van der Waals surface area contributed by atoms with Crippen molar-refractivity contribution in [2.75, 3.05) is 11.9 Å². The second kappa shape index (κ2) is 5.60. The Morgan fingerprint density at radius 2 is 2.35 bits per heavy atom. The van der Waals surface area contributed by atoms with Crippen LogP contribution in [0.3, 0.4) is 0 Å². The van der Waals surface area contributed by atoms with Gasteiger partial charge in [-0.05, 0) is 47.3 Å². The molecule has 1 amide bonds. The Kier molecular flexibility index (Phi) is 4.12. The Balaban J connectivity index is 1.77. The molecule has 0 aromatic carbocycles. The zero-order valence-electron chi connectivity index (χ0n) is 9.79. The number of pyridine rings is 1. The fourth-order valence-corrected chi connectivity index (χ4v) is 1.71. The van der Waals surface area contributed by atoms with Crippen LogP contribution >= 0.6 is 15.9 Å². The van der Waals surface area contributed by atoms with Crippen LogP contribution in [0, 0.1) is 6.92 Å². The van der Waals surface area contributed by atoms with Gasteiger partial charge in [-0.3, -0.25) is 4.79 Å². The maximum absolute atomic E-state index is 11.6. The predicted octanol–water partition coefficient (Wildman–Crippen LogP) is 2.23. The van der Waals surface area contributed by atoms with Crippen LogP contribution < -0.4 is 10.6 Å². The molecule has 1 saturated carbocycles. The molecule has 0 aliphatic heterocycles. The number of amides is 1. The molecule has 2 rings (SSSR count). The second-order valence-electron chi connectivity index (χ2n) is 4.35. The van der Waals surface area contributed by atoms with Crippen molar-refractivity contribution in [2.45, 2.75) is 32.2 Å². The topological polar surface area (TPSA) is 54.0 Å². The number of carbonyl (C=O) groups excluding carboxylic acids is 1. The Morgan fingerprint density at radius 1 is 1.59 bits per heavy atom. The van der Waals surface area contributed by atoms with Gasteiger partial charge in [-0.15, -0.1) is 0 Å². The third-order valence-electron chi connectivity index (χ3n) is 2.68. The lowest BCUT2D eigenvalue weighted by Crippen LogP contribution is -2.23. The minimum atomic E-state index is 0.00683. The van der Waals surface area contributed by atoms with Crippen LogP contribution in [0.15, 0.2) is 16.7 Å². The molecule has 92 valence electrons. The number of halogens is 1. The first-order valence-corrected chi connectivity index (χ1v) is 6.60. The summed E-state index contributed by atoms with van der Waals surface area (Å²) in [7, 11) is 0. The van der Waals surface area contributed by atoms with Gasteiger partial charge in [0, 0.05) is 29.7 Å². The quantitative estimate of drug-likeness (QED) is 0.876. The van der Waals surface area contributed by atoms with Crippen molar-refractivity contribution in [2.24, 2.45) is 0 Å². The molecular weight excluding hydrogens is 282 g/mol. The van der Waals surface area contributed by atoms with E-state index < -0.39 is 0 Å². The molecule has 5 heteroatoms. The van der Waals surface area contributed by atoms with E-state index >= 15 is 0 Å². The molecule has 4 nitrogen and oxygen atoms in total. The van der Waals surface area contributed by atoms with Gasteiger partial charge in [0.2, 0.25) is 5.91 Å². The standard InChI is InChI=1S/C12H16BrN3O/c1-8-6-11(15-7-10(8)13)16-12(17)4-5-14-9-2-3-9/h6-7,9,14H,2-5H2,1H3,(H,15,16,17). The smallest absolute Gasteiger partial charge is 0.226 e. The lowest BCUT2D eigenvalue weighted by atomic mass is 10.3. The molecule has 2 N–H and O–H groups in total. The predicted molar refractivity (Wildman–Crippen MR) is 70.9 cm³/mol. The molecule has 0 radical (unpaired) electrons. The maximum atomic E-state index is 11.6. The van der Waals surface area contributed by atoms with E-state index in [2.05, 4.69) is 31.5 Å². The van der Waals surface area contributed by atoms with E-state index in [1.807, 2.05) is 13.0 Å². The van der Waals surface area contributed by atoms with Gasteiger partial charge in [-0.25, -0.2) is 4.98 Å². The summed E-state index contributed by atoms with van der Waals surface area (Å²) in [5.41, 5.74) is 1.06. The Morgan fingerprint density at radius 3 is 3.00 bits per heavy atom. The molecule has 1 fully saturated rings. The van der Waals surface area contributed by atoms with Gasteiger partial charge >= 0.3 is 0 Å². The summed E-state index contributed by atoms with van der Waals surface area (Å²) in [4.78, 5) is 15.7. The zero-order valence-corrected chi connectivity index (χ0v) is 11.4. The molecule has 0 unspecified atom stereocenters. The molecule has 1 heterocycles. The van der Waals surface area contributed by atoms with E-state index in [1.165, 1.54) is 12.8 Å². The summed E-state index contributed by atoms with van der Waals surface area (Å²) in [6.45, 7) is 2.71. The molecule has 1 aromatic rings. The number of anilines is 1. The van der Waals surface area contributed by atoms with Gasteiger partial charge in [0.15, 0.2) is 0 Å². The number of rotatable bonds is 5. The minimum Gasteiger partial charge on any atom is -0.313 e. The van der Waals surface area contributed by atoms with Crippen LogP contribution in [0.4, 0.5) is 5.82 Å². The fraction of sp³-hybridized carbons (Fsp3) is 0.500. The molecule has 1 aromatic heterocycles. The van der Waals surface area contributed by atoms with E-state index in [1.54, 1.807) is 6.20 Å². The molecule has 17 heavy (non-hydrogen) atoms. The summed E-state index contributed by atoms with van der Waals surface area (Å²) in [5.74, 6) is 0.620. The van der Waals surface area contributed by atoms with Crippen LogP contribution in [0.1, 0.15) is 24.8 Å². The van der Waals surface area contributed by atoms with Crippen LogP contribution in [0.5, 0.6) is 0 Å². The number of carbonyl (C=O) groups is 1. The highest BCUT2D eigenvalue weighted by Crippen LogP contribution is 2.18. The molecule has 0 atom stereocenters. The third kappa shape index (κ3) is 4.09. The molecule has 0 spiro atoms. The summed E-state index contributed by atoms with van der Waals surface area (Å²) < 4.78 is 0.950. The zero-order chi connectivity index (χ0) is 12.3. The molecular formula is C12H16BrN3O. The van der Waals surface area contributed by atoms with E-state index in [4.69, 9.17) is 0 Å². The van der Waals surface area contributed by atoms with Gasteiger partial charge in [-0.1, -0.05) is 0 Å². The van der Waals surface area contributed by atoms with Crippen LogP contribution in [0.2, 0.25) is 0 Å². The summed E-state index contributed by atoms with van der Waals surface area (Å²) in [5, 5.41) is 6.10. The van der Waals surface area contributed by atoms with E-state index in [0.29, 0.717) is 18.3 Å². The number of aromatic nitrogens is 1. The molecule has 1 aliphatic rings. The third-order valence-corrected chi connectivity index (χ3v) is 3.51. The Bertz CT molecular complexity index is 418. The van der Waals surface area contributed by atoms with E-state index in [9.17, 15) is 4.79 Å². The van der Waals surface area contributed by atoms with Crippen molar-refractivity contribution in [3.63, 3.8) is 0 Å². The Hall–Kier alpha value is -0.940. The number of aryl methyl sites for hydroxylation is 1. The van der Waals surface area contributed by atoms with Gasteiger partial charge in [0.05, 0.1) is 0 Å². The minimum absolute atomic E-state index is 0.00683. The average molecular weight is 298 g/mol. The van der Waals surface area contributed by atoms with Gasteiger partial charge < -0.3 is 10.6 Å². The first-order valence-electron chi connectivity index (χ1n) is 5.80. The summed E-state index contributed by atoms with van der Waals surface area (Å²) in [6, 6.07) is 2.51. The van der Waals surface area contributed by atoms with Crippen molar-refractivity contribution in [3.8, 4) is 0 Å². The number of nitrogens with one attached hydrogen (secondary N) is 2. The maximum Gasteiger partial charge on any atom is 0.226 e. The first kappa shape index (κ1) is 12.5. The normalized spacial score (nSPS) is 14.7. The van der Waals surface area contributed by atoms with Crippen molar-refractivity contribution in [1.29, 1.82) is 0 Å². The van der Waals surface area contributed by atoms with Crippen LogP contribution in [-0.4, -0.2) is 23.5 Å². The number of hydrogen-bond donors (Lipinski definition) is 2. The monoisotopic (exact) mass is 297 g/mol. The lowest BCUT2D eigenvalue weighted by molar-refractivity contribution is -0.116.